The standard InChI is InChI=1S/C11H16.CH3F/c1-11(2,3)9-10-7-5-4-6-8-10;1-2/h4-8H,9H2,1-3H3;1H3. The van der Waals surface area contributed by atoms with Gasteiger partial charge in [0.05, 0.1) is 7.18 Å². The lowest BCUT2D eigenvalue weighted by Crippen LogP contribution is -2.08. The predicted molar refractivity (Wildman–Crippen MR) is 56.6 cm³/mol. The summed E-state index contributed by atoms with van der Waals surface area (Å²) in [7, 11) is 0.500. The van der Waals surface area contributed by atoms with E-state index in [1.54, 1.807) is 0 Å². The second-order valence-electron chi connectivity index (χ2n) is 4.22. The highest BCUT2D eigenvalue weighted by Gasteiger charge is 2.09. The molecular weight excluding hydrogens is 163 g/mol. The molecule has 0 fully saturated rings. The third kappa shape index (κ3) is 6.32. The fourth-order valence-corrected chi connectivity index (χ4v) is 1.21. The molecule has 0 N–H and O–H groups in total. The van der Waals surface area contributed by atoms with Crippen molar-refractivity contribution in [3.8, 4) is 0 Å². The molecule has 0 amide bonds. The first-order chi connectivity index (χ1) is 6.08. The third-order valence-electron chi connectivity index (χ3n) is 1.58. The molecule has 0 heterocycles. The first-order valence-corrected chi connectivity index (χ1v) is 4.50. The number of hydrogen-bond acceptors (Lipinski definition) is 0. The summed E-state index contributed by atoms with van der Waals surface area (Å²) < 4.78 is 9.50. The zero-order chi connectivity index (χ0) is 10.3. The highest BCUT2D eigenvalue weighted by molar-refractivity contribution is 5.15. The van der Waals surface area contributed by atoms with Gasteiger partial charge in [-0.25, -0.2) is 0 Å². The Morgan fingerprint density at radius 3 is 1.85 bits per heavy atom. The number of rotatable bonds is 1. The Balaban J connectivity index is 0.000000671. The summed E-state index contributed by atoms with van der Waals surface area (Å²) in [6, 6.07) is 10.6. The van der Waals surface area contributed by atoms with E-state index in [0.717, 1.165) is 6.42 Å². The van der Waals surface area contributed by atoms with Crippen molar-refractivity contribution in [2.75, 3.05) is 7.18 Å². The van der Waals surface area contributed by atoms with E-state index in [-0.39, 0.29) is 0 Å². The van der Waals surface area contributed by atoms with E-state index in [1.165, 1.54) is 5.56 Å². The topological polar surface area (TPSA) is 0 Å². The molecule has 0 bridgehead atoms. The van der Waals surface area contributed by atoms with Gasteiger partial charge in [0, 0.05) is 0 Å². The van der Waals surface area contributed by atoms with Gasteiger partial charge in [0.2, 0.25) is 0 Å². The van der Waals surface area contributed by atoms with Crippen molar-refractivity contribution in [1.82, 2.24) is 0 Å². The maximum Gasteiger partial charge on any atom is 0.0785 e. The minimum Gasteiger partial charge on any atom is -0.255 e. The zero-order valence-corrected chi connectivity index (χ0v) is 8.97. The van der Waals surface area contributed by atoms with Crippen LogP contribution >= 0.6 is 0 Å². The first kappa shape index (κ1) is 12.2. The summed E-state index contributed by atoms with van der Waals surface area (Å²) in [6.07, 6.45) is 1.16. The molecule has 1 aromatic rings. The Bertz CT molecular complexity index is 208. The van der Waals surface area contributed by atoms with Gasteiger partial charge >= 0.3 is 0 Å². The molecule has 0 aliphatic heterocycles. The molecule has 1 rings (SSSR count). The van der Waals surface area contributed by atoms with E-state index in [9.17, 15) is 4.39 Å². The Kier molecular flexibility index (Phi) is 5.36. The van der Waals surface area contributed by atoms with Crippen molar-refractivity contribution in [2.45, 2.75) is 27.2 Å². The average Bonchev–Trinajstić information content (AvgIpc) is 2.07. The van der Waals surface area contributed by atoms with Gasteiger partial charge in [-0.1, -0.05) is 51.1 Å². The molecule has 1 aromatic carbocycles. The van der Waals surface area contributed by atoms with Crippen LogP contribution in [0.2, 0.25) is 0 Å². The monoisotopic (exact) mass is 182 g/mol. The minimum atomic E-state index is 0.404. The summed E-state index contributed by atoms with van der Waals surface area (Å²) in [5, 5.41) is 0. The lowest BCUT2D eigenvalue weighted by Gasteiger charge is -2.17. The van der Waals surface area contributed by atoms with Gasteiger partial charge in [-0.05, 0) is 17.4 Å². The Hall–Kier alpha value is -0.850. The van der Waals surface area contributed by atoms with Gasteiger partial charge in [-0.3, -0.25) is 4.39 Å². The Morgan fingerprint density at radius 1 is 1.00 bits per heavy atom. The van der Waals surface area contributed by atoms with Gasteiger partial charge in [0.15, 0.2) is 0 Å². The molecule has 0 saturated heterocycles. The molecule has 0 spiro atoms. The fraction of sp³-hybridized carbons (Fsp3) is 0.500. The second kappa shape index (κ2) is 5.74. The van der Waals surface area contributed by atoms with Crippen LogP contribution in [-0.2, 0) is 6.42 Å². The van der Waals surface area contributed by atoms with E-state index < -0.39 is 0 Å². The second-order valence-corrected chi connectivity index (χ2v) is 4.22. The van der Waals surface area contributed by atoms with Crippen LogP contribution in [0, 0.1) is 5.41 Å². The summed E-state index contributed by atoms with van der Waals surface area (Å²) in [5.41, 5.74) is 1.83. The van der Waals surface area contributed by atoms with Crippen molar-refractivity contribution >= 4 is 0 Å². The lowest BCUT2D eigenvalue weighted by atomic mass is 9.88. The van der Waals surface area contributed by atoms with Crippen LogP contribution in [0.5, 0.6) is 0 Å². The molecule has 0 saturated carbocycles. The maximum atomic E-state index is 9.50. The average molecular weight is 182 g/mol. The molecular formula is C12H19F. The van der Waals surface area contributed by atoms with E-state index in [4.69, 9.17) is 0 Å². The molecule has 0 nitrogen and oxygen atoms in total. The van der Waals surface area contributed by atoms with Crippen molar-refractivity contribution in [3.63, 3.8) is 0 Å². The number of hydrogen-bond donors (Lipinski definition) is 0. The van der Waals surface area contributed by atoms with Crippen LogP contribution in [0.1, 0.15) is 26.3 Å². The normalized spacial score (nSPS) is 10.2. The fourth-order valence-electron chi connectivity index (χ4n) is 1.21. The highest BCUT2D eigenvalue weighted by Crippen LogP contribution is 2.19. The third-order valence-corrected chi connectivity index (χ3v) is 1.58. The summed E-state index contributed by atoms with van der Waals surface area (Å²) in [5.74, 6) is 0. The number of benzene rings is 1. The maximum absolute atomic E-state index is 9.50. The van der Waals surface area contributed by atoms with Crippen LogP contribution in [0.4, 0.5) is 4.39 Å². The molecule has 0 aromatic heterocycles. The first-order valence-electron chi connectivity index (χ1n) is 4.50. The molecule has 74 valence electrons. The van der Waals surface area contributed by atoms with Crippen molar-refractivity contribution in [1.29, 1.82) is 0 Å². The van der Waals surface area contributed by atoms with E-state index >= 15 is 0 Å². The minimum absolute atomic E-state index is 0.404. The quantitative estimate of drug-likeness (QED) is 0.618. The van der Waals surface area contributed by atoms with Gasteiger partial charge < -0.3 is 0 Å². The molecule has 0 aliphatic rings. The van der Waals surface area contributed by atoms with E-state index in [1.807, 2.05) is 0 Å². The van der Waals surface area contributed by atoms with Gasteiger partial charge in [-0.2, -0.15) is 0 Å². The number of alkyl halides is 1. The van der Waals surface area contributed by atoms with E-state index in [2.05, 4.69) is 51.1 Å². The van der Waals surface area contributed by atoms with Gasteiger partial charge in [0.25, 0.3) is 0 Å². The van der Waals surface area contributed by atoms with Crippen LogP contribution in [0.15, 0.2) is 30.3 Å². The van der Waals surface area contributed by atoms with Gasteiger partial charge in [-0.15, -0.1) is 0 Å². The predicted octanol–water partition coefficient (Wildman–Crippen LogP) is 3.86. The molecule has 0 atom stereocenters. The smallest absolute Gasteiger partial charge is 0.0785 e. The molecule has 0 aliphatic carbocycles. The Labute approximate surface area is 80.8 Å². The van der Waals surface area contributed by atoms with Crippen LogP contribution in [0.3, 0.4) is 0 Å². The van der Waals surface area contributed by atoms with Crippen LogP contribution < -0.4 is 0 Å². The SMILES string of the molecule is CC(C)(C)Cc1ccccc1.CF. The largest absolute Gasteiger partial charge is 0.255 e. The molecule has 0 radical (unpaired) electrons. The van der Waals surface area contributed by atoms with Crippen molar-refractivity contribution < 1.29 is 4.39 Å². The number of halogens is 1. The summed E-state index contributed by atoms with van der Waals surface area (Å²) in [4.78, 5) is 0. The highest BCUT2D eigenvalue weighted by atomic mass is 19.1. The lowest BCUT2D eigenvalue weighted by molar-refractivity contribution is 0.411. The molecule has 1 heteroatoms. The molecule has 0 unspecified atom stereocenters. The van der Waals surface area contributed by atoms with Crippen LogP contribution in [-0.4, -0.2) is 7.18 Å². The molecule has 13 heavy (non-hydrogen) atoms. The van der Waals surface area contributed by atoms with Crippen molar-refractivity contribution in [3.05, 3.63) is 35.9 Å². The van der Waals surface area contributed by atoms with Crippen LogP contribution in [0.25, 0.3) is 0 Å². The van der Waals surface area contributed by atoms with Crippen molar-refractivity contribution in [2.24, 2.45) is 5.41 Å². The summed E-state index contributed by atoms with van der Waals surface area (Å²) in [6.45, 7) is 6.79. The van der Waals surface area contributed by atoms with Gasteiger partial charge in [0.1, 0.15) is 0 Å². The zero-order valence-electron chi connectivity index (χ0n) is 8.97. The summed E-state index contributed by atoms with van der Waals surface area (Å²) >= 11 is 0. The van der Waals surface area contributed by atoms with E-state index in [0.29, 0.717) is 12.6 Å². The Morgan fingerprint density at radius 2 is 1.46 bits per heavy atom.